The van der Waals surface area contributed by atoms with Crippen molar-refractivity contribution in [2.24, 2.45) is 11.3 Å². The van der Waals surface area contributed by atoms with Crippen LogP contribution in [0, 0.1) is 11.3 Å². The Balaban J connectivity index is 1.99. The van der Waals surface area contributed by atoms with Gasteiger partial charge in [-0.1, -0.05) is 20.8 Å². The Hall–Kier alpha value is -2.17. The molecule has 0 unspecified atom stereocenters. The molecular formula is C19H26N2O3. The van der Waals surface area contributed by atoms with Crippen molar-refractivity contribution in [2.75, 3.05) is 18.4 Å². The van der Waals surface area contributed by atoms with Crippen LogP contribution in [0.25, 0.3) is 0 Å². The second-order valence-electron chi connectivity index (χ2n) is 7.46. The van der Waals surface area contributed by atoms with Gasteiger partial charge in [0.2, 0.25) is 11.8 Å². The maximum absolute atomic E-state index is 12.5. The molecule has 1 heterocycles. The molecule has 2 amide bonds. The van der Waals surface area contributed by atoms with Gasteiger partial charge < -0.3 is 10.2 Å². The van der Waals surface area contributed by atoms with E-state index in [2.05, 4.69) is 5.32 Å². The number of rotatable bonds is 3. The Morgan fingerprint density at radius 2 is 1.75 bits per heavy atom. The molecule has 2 rings (SSSR count). The Morgan fingerprint density at radius 3 is 2.29 bits per heavy atom. The summed E-state index contributed by atoms with van der Waals surface area (Å²) < 4.78 is 0. The summed E-state index contributed by atoms with van der Waals surface area (Å²) in [4.78, 5) is 38.0. The average Bonchev–Trinajstić information content (AvgIpc) is 2.54. The number of ketones is 1. The van der Waals surface area contributed by atoms with Crippen molar-refractivity contribution in [1.82, 2.24) is 4.90 Å². The third kappa shape index (κ3) is 4.43. The number of hydrogen-bond acceptors (Lipinski definition) is 3. The molecule has 0 spiro atoms. The molecule has 1 aliphatic rings. The average molecular weight is 330 g/mol. The molecule has 0 bridgehead atoms. The summed E-state index contributed by atoms with van der Waals surface area (Å²) in [6.07, 6.45) is 1.62. The van der Waals surface area contributed by atoms with Crippen molar-refractivity contribution in [3.05, 3.63) is 29.8 Å². The first-order valence-corrected chi connectivity index (χ1v) is 8.39. The van der Waals surface area contributed by atoms with Crippen LogP contribution in [0.15, 0.2) is 24.3 Å². The van der Waals surface area contributed by atoms with Gasteiger partial charge in [-0.25, -0.2) is 0 Å². The first-order chi connectivity index (χ1) is 11.2. The standard InChI is InChI=1S/C19H26N2O3/c1-13(22)14-7-9-16(10-8-14)20-17(23)15-6-5-11-21(12-15)18(24)19(2,3)4/h7-10,15H,5-6,11-12H2,1-4H3,(H,20,23)/t15-/m0/s1. The number of likely N-dealkylation sites (tertiary alicyclic amines) is 1. The van der Waals surface area contributed by atoms with Crippen LogP contribution >= 0.6 is 0 Å². The molecule has 1 aromatic carbocycles. The van der Waals surface area contributed by atoms with Gasteiger partial charge in [-0.3, -0.25) is 14.4 Å². The van der Waals surface area contributed by atoms with E-state index < -0.39 is 5.41 Å². The summed E-state index contributed by atoms with van der Waals surface area (Å²) in [6.45, 7) is 8.39. The Morgan fingerprint density at radius 1 is 1.12 bits per heavy atom. The maximum Gasteiger partial charge on any atom is 0.229 e. The van der Waals surface area contributed by atoms with Gasteiger partial charge in [-0.15, -0.1) is 0 Å². The molecule has 0 aromatic heterocycles. The van der Waals surface area contributed by atoms with E-state index in [9.17, 15) is 14.4 Å². The fraction of sp³-hybridized carbons (Fsp3) is 0.526. The van der Waals surface area contributed by atoms with Crippen LogP contribution in [0.5, 0.6) is 0 Å². The minimum atomic E-state index is -0.430. The normalized spacial score (nSPS) is 18.2. The number of nitrogens with zero attached hydrogens (tertiary/aromatic N) is 1. The topological polar surface area (TPSA) is 66.5 Å². The molecule has 1 fully saturated rings. The predicted molar refractivity (Wildman–Crippen MR) is 93.8 cm³/mol. The molecule has 130 valence electrons. The Labute approximate surface area is 143 Å². The van der Waals surface area contributed by atoms with Crippen molar-refractivity contribution in [3.63, 3.8) is 0 Å². The molecule has 1 atom stereocenters. The molecule has 5 heteroatoms. The van der Waals surface area contributed by atoms with E-state index in [1.54, 1.807) is 29.2 Å². The third-order valence-electron chi connectivity index (χ3n) is 4.28. The van der Waals surface area contributed by atoms with E-state index in [0.29, 0.717) is 24.3 Å². The van der Waals surface area contributed by atoms with Crippen LogP contribution in [0.3, 0.4) is 0 Å². The highest BCUT2D eigenvalue weighted by molar-refractivity contribution is 5.96. The van der Waals surface area contributed by atoms with Crippen molar-refractivity contribution >= 4 is 23.3 Å². The van der Waals surface area contributed by atoms with Gasteiger partial charge in [-0.05, 0) is 44.0 Å². The molecule has 0 radical (unpaired) electrons. The van der Waals surface area contributed by atoms with Crippen LogP contribution in [-0.4, -0.2) is 35.6 Å². The van der Waals surface area contributed by atoms with Crippen molar-refractivity contribution in [2.45, 2.75) is 40.5 Å². The second-order valence-corrected chi connectivity index (χ2v) is 7.46. The van der Waals surface area contributed by atoms with Gasteiger partial charge in [0, 0.05) is 29.8 Å². The molecule has 1 aliphatic heterocycles. The summed E-state index contributed by atoms with van der Waals surface area (Å²) in [5, 5.41) is 2.89. The smallest absolute Gasteiger partial charge is 0.229 e. The molecule has 1 N–H and O–H groups in total. The Bertz CT molecular complexity index is 629. The van der Waals surface area contributed by atoms with Gasteiger partial charge in [0.15, 0.2) is 5.78 Å². The van der Waals surface area contributed by atoms with Crippen LogP contribution in [0.1, 0.15) is 50.9 Å². The largest absolute Gasteiger partial charge is 0.341 e. The van der Waals surface area contributed by atoms with Crippen LogP contribution in [0.2, 0.25) is 0 Å². The lowest BCUT2D eigenvalue weighted by molar-refractivity contribution is -0.142. The quantitative estimate of drug-likeness (QED) is 0.866. The van der Waals surface area contributed by atoms with E-state index in [4.69, 9.17) is 0 Å². The number of Topliss-reactive ketones (excluding diaryl/α,β-unsaturated/α-hetero) is 1. The molecular weight excluding hydrogens is 304 g/mol. The number of nitrogens with one attached hydrogen (secondary N) is 1. The SMILES string of the molecule is CC(=O)c1ccc(NC(=O)[C@H]2CCCN(C(=O)C(C)(C)C)C2)cc1. The Kier molecular flexibility index (Phi) is 5.42. The number of carbonyl (C=O) groups excluding carboxylic acids is 3. The molecule has 0 aliphatic carbocycles. The minimum absolute atomic E-state index is 0.00325. The maximum atomic E-state index is 12.5. The highest BCUT2D eigenvalue weighted by Gasteiger charge is 2.33. The summed E-state index contributed by atoms with van der Waals surface area (Å²) in [5.74, 6) is -0.183. The number of benzene rings is 1. The van der Waals surface area contributed by atoms with E-state index in [1.807, 2.05) is 20.8 Å². The van der Waals surface area contributed by atoms with Gasteiger partial charge in [-0.2, -0.15) is 0 Å². The molecule has 1 saturated heterocycles. The third-order valence-corrected chi connectivity index (χ3v) is 4.28. The number of carbonyl (C=O) groups is 3. The molecule has 0 saturated carbocycles. The lowest BCUT2D eigenvalue weighted by Gasteiger charge is -2.35. The number of piperidine rings is 1. The fourth-order valence-corrected chi connectivity index (χ4v) is 2.88. The lowest BCUT2D eigenvalue weighted by Crippen LogP contribution is -2.47. The first-order valence-electron chi connectivity index (χ1n) is 8.39. The van der Waals surface area contributed by atoms with Crippen molar-refractivity contribution in [3.8, 4) is 0 Å². The van der Waals surface area contributed by atoms with Crippen LogP contribution in [-0.2, 0) is 9.59 Å². The lowest BCUT2D eigenvalue weighted by atomic mass is 9.91. The van der Waals surface area contributed by atoms with E-state index in [1.165, 1.54) is 6.92 Å². The minimum Gasteiger partial charge on any atom is -0.341 e. The molecule has 1 aromatic rings. The second kappa shape index (κ2) is 7.16. The van der Waals surface area contributed by atoms with E-state index >= 15 is 0 Å². The molecule has 24 heavy (non-hydrogen) atoms. The zero-order chi connectivity index (χ0) is 17.9. The van der Waals surface area contributed by atoms with Crippen molar-refractivity contribution in [1.29, 1.82) is 0 Å². The zero-order valence-corrected chi connectivity index (χ0v) is 14.9. The summed E-state index contributed by atoms with van der Waals surface area (Å²) >= 11 is 0. The van der Waals surface area contributed by atoms with Gasteiger partial charge in [0.05, 0.1) is 5.92 Å². The number of hydrogen-bond donors (Lipinski definition) is 1. The summed E-state index contributed by atoms with van der Waals surface area (Å²) in [5.41, 5.74) is 0.859. The van der Waals surface area contributed by atoms with E-state index in [0.717, 1.165) is 12.8 Å². The predicted octanol–water partition coefficient (Wildman–Crippen LogP) is 3.11. The van der Waals surface area contributed by atoms with Crippen LogP contribution in [0.4, 0.5) is 5.69 Å². The highest BCUT2D eigenvalue weighted by atomic mass is 16.2. The highest BCUT2D eigenvalue weighted by Crippen LogP contribution is 2.24. The monoisotopic (exact) mass is 330 g/mol. The van der Waals surface area contributed by atoms with Gasteiger partial charge in [0.1, 0.15) is 0 Å². The molecule has 5 nitrogen and oxygen atoms in total. The number of amides is 2. The zero-order valence-electron chi connectivity index (χ0n) is 14.9. The van der Waals surface area contributed by atoms with Gasteiger partial charge >= 0.3 is 0 Å². The summed E-state index contributed by atoms with van der Waals surface area (Å²) in [6, 6.07) is 6.87. The summed E-state index contributed by atoms with van der Waals surface area (Å²) in [7, 11) is 0. The number of anilines is 1. The van der Waals surface area contributed by atoms with Crippen molar-refractivity contribution < 1.29 is 14.4 Å². The fourth-order valence-electron chi connectivity index (χ4n) is 2.88. The van der Waals surface area contributed by atoms with Gasteiger partial charge in [0.25, 0.3) is 0 Å². The van der Waals surface area contributed by atoms with Crippen LogP contribution < -0.4 is 5.32 Å². The van der Waals surface area contributed by atoms with E-state index in [-0.39, 0.29) is 23.5 Å². The first kappa shape index (κ1) is 18.2.